The van der Waals surface area contributed by atoms with E-state index in [2.05, 4.69) is 42.7 Å². The molecule has 0 aliphatic heterocycles. The number of rotatable bonds is 4. The number of anilines is 1. The first-order valence-electron chi connectivity index (χ1n) is 6.73. The number of para-hydroxylation sites is 1. The number of nitrogens with one attached hydrogen (secondary N) is 2. The Labute approximate surface area is 120 Å². The summed E-state index contributed by atoms with van der Waals surface area (Å²) >= 11 is 0. The predicted octanol–water partition coefficient (Wildman–Crippen LogP) is 3.28. The van der Waals surface area contributed by atoms with Gasteiger partial charge < -0.3 is 10.6 Å². The van der Waals surface area contributed by atoms with Crippen LogP contribution in [0.4, 0.5) is 5.69 Å². The van der Waals surface area contributed by atoms with Gasteiger partial charge in [-0.25, -0.2) is 0 Å². The maximum atomic E-state index is 11.8. The van der Waals surface area contributed by atoms with Gasteiger partial charge in [0.1, 0.15) is 0 Å². The number of aryl methyl sites for hydroxylation is 2. The standard InChI is InChI=1S/C17H20N2O/c1-12-8-9-13(2)14(10-12)11-19-16-7-5-4-6-15(16)17(20)18-3/h4-10,19H,11H2,1-3H3,(H,18,20). The lowest BCUT2D eigenvalue weighted by atomic mass is 10.1. The fourth-order valence-electron chi connectivity index (χ4n) is 2.15. The molecule has 0 unspecified atom stereocenters. The molecule has 0 aliphatic rings. The van der Waals surface area contributed by atoms with Crippen molar-refractivity contribution in [2.75, 3.05) is 12.4 Å². The molecule has 0 aliphatic carbocycles. The molecule has 3 nitrogen and oxygen atoms in total. The summed E-state index contributed by atoms with van der Waals surface area (Å²) in [5.41, 5.74) is 5.26. The summed E-state index contributed by atoms with van der Waals surface area (Å²) in [6.07, 6.45) is 0. The molecule has 0 spiro atoms. The number of hydrogen-bond donors (Lipinski definition) is 2. The molecule has 0 aromatic heterocycles. The van der Waals surface area contributed by atoms with E-state index in [0.717, 1.165) is 5.69 Å². The minimum absolute atomic E-state index is 0.0749. The SMILES string of the molecule is CNC(=O)c1ccccc1NCc1cc(C)ccc1C. The number of hydrogen-bond acceptors (Lipinski definition) is 2. The molecule has 0 radical (unpaired) electrons. The molecular formula is C17H20N2O. The highest BCUT2D eigenvalue weighted by molar-refractivity contribution is 5.99. The highest BCUT2D eigenvalue weighted by atomic mass is 16.1. The molecule has 2 rings (SSSR count). The van der Waals surface area contributed by atoms with Gasteiger partial charge in [0.15, 0.2) is 0 Å². The Morgan fingerprint density at radius 2 is 1.85 bits per heavy atom. The highest BCUT2D eigenvalue weighted by Crippen LogP contribution is 2.18. The van der Waals surface area contributed by atoms with Crippen molar-refractivity contribution >= 4 is 11.6 Å². The van der Waals surface area contributed by atoms with Crippen LogP contribution >= 0.6 is 0 Å². The first-order chi connectivity index (χ1) is 9.61. The fraction of sp³-hybridized carbons (Fsp3) is 0.235. The molecule has 0 fully saturated rings. The number of carbonyl (C=O) groups excluding carboxylic acids is 1. The molecule has 0 heterocycles. The monoisotopic (exact) mass is 268 g/mol. The van der Waals surface area contributed by atoms with E-state index in [9.17, 15) is 4.79 Å². The second kappa shape index (κ2) is 6.24. The van der Waals surface area contributed by atoms with Crippen molar-refractivity contribution in [1.29, 1.82) is 0 Å². The Kier molecular flexibility index (Phi) is 4.41. The van der Waals surface area contributed by atoms with Gasteiger partial charge in [0.25, 0.3) is 5.91 Å². The van der Waals surface area contributed by atoms with Crippen molar-refractivity contribution in [3.05, 3.63) is 64.7 Å². The molecule has 2 aromatic carbocycles. The lowest BCUT2D eigenvalue weighted by Gasteiger charge is -2.13. The summed E-state index contributed by atoms with van der Waals surface area (Å²) in [5.74, 6) is -0.0749. The van der Waals surface area contributed by atoms with E-state index in [-0.39, 0.29) is 5.91 Å². The molecule has 0 bridgehead atoms. The van der Waals surface area contributed by atoms with Crippen LogP contribution in [0, 0.1) is 13.8 Å². The molecule has 0 atom stereocenters. The van der Waals surface area contributed by atoms with Crippen LogP contribution < -0.4 is 10.6 Å². The van der Waals surface area contributed by atoms with Crippen molar-refractivity contribution < 1.29 is 4.79 Å². The first-order valence-corrected chi connectivity index (χ1v) is 6.73. The molecule has 104 valence electrons. The average Bonchev–Trinajstić information content (AvgIpc) is 2.47. The van der Waals surface area contributed by atoms with Crippen LogP contribution in [0.2, 0.25) is 0 Å². The van der Waals surface area contributed by atoms with Gasteiger partial charge in [-0.15, -0.1) is 0 Å². The zero-order valence-electron chi connectivity index (χ0n) is 12.2. The van der Waals surface area contributed by atoms with Crippen LogP contribution in [0.5, 0.6) is 0 Å². The lowest BCUT2D eigenvalue weighted by Crippen LogP contribution is -2.19. The molecule has 2 aromatic rings. The topological polar surface area (TPSA) is 41.1 Å². The summed E-state index contributed by atoms with van der Waals surface area (Å²) in [6.45, 7) is 4.89. The van der Waals surface area contributed by atoms with Crippen molar-refractivity contribution in [2.45, 2.75) is 20.4 Å². The average molecular weight is 268 g/mol. The quantitative estimate of drug-likeness (QED) is 0.893. The van der Waals surface area contributed by atoms with Gasteiger partial charge in [0.2, 0.25) is 0 Å². The lowest BCUT2D eigenvalue weighted by molar-refractivity contribution is 0.0964. The van der Waals surface area contributed by atoms with E-state index in [0.29, 0.717) is 12.1 Å². The van der Waals surface area contributed by atoms with Crippen molar-refractivity contribution in [3.63, 3.8) is 0 Å². The molecule has 0 saturated heterocycles. The molecule has 0 saturated carbocycles. The summed E-state index contributed by atoms with van der Waals surface area (Å²) in [5, 5.41) is 6.01. The van der Waals surface area contributed by atoms with Gasteiger partial charge in [0.05, 0.1) is 5.56 Å². The summed E-state index contributed by atoms with van der Waals surface area (Å²) in [7, 11) is 1.64. The highest BCUT2D eigenvalue weighted by Gasteiger charge is 2.09. The van der Waals surface area contributed by atoms with Gasteiger partial charge in [-0.1, -0.05) is 35.9 Å². The van der Waals surface area contributed by atoms with Crippen LogP contribution in [-0.4, -0.2) is 13.0 Å². The summed E-state index contributed by atoms with van der Waals surface area (Å²) in [6, 6.07) is 13.9. The number of amides is 1. The maximum absolute atomic E-state index is 11.8. The Bertz CT molecular complexity index is 620. The zero-order chi connectivity index (χ0) is 14.5. The first kappa shape index (κ1) is 14.1. The third kappa shape index (κ3) is 3.18. The Morgan fingerprint density at radius 3 is 2.60 bits per heavy atom. The minimum Gasteiger partial charge on any atom is -0.380 e. The second-order valence-corrected chi connectivity index (χ2v) is 4.91. The fourth-order valence-corrected chi connectivity index (χ4v) is 2.15. The Balaban J connectivity index is 2.19. The Morgan fingerprint density at radius 1 is 1.10 bits per heavy atom. The van der Waals surface area contributed by atoms with Gasteiger partial charge in [-0.2, -0.15) is 0 Å². The molecule has 20 heavy (non-hydrogen) atoms. The molecular weight excluding hydrogens is 248 g/mol. The van der Waals surface area contributed by atoms with Gasteiger partial charge in [-0.05, 0) is 37.1 Å². The van der Waals surface area contributed by atoms with E-state index in [1.165, 1.54) is 16.7 Å². The van der Waals surface area contributed by atoms with Crippen LogP contribution in [0.15, 0.2) is 42.5 Å². The van der Waals surface area contributed by atoms with E-state index in [1.807, 2.05) is 24.3 Å². The van der Waals surface area contributed by atoms with E-state index < -0.39 is 0 Å². The van der Waals surface area contributed by atoms with E-state index in [1.54, 1.807) is 7.05 Å². The molecule has 2 N–H and O–H groups in total. The maximum Gasteiger partial charge on any atom is 0.253 e. The smallest absolute Gasteiger partial charge is 0.253 e. The summed E-state index contributed by atoms with van der Waals surface area (Å²) < 4.78 is 0. The second-order valence-electron chi connectivity index (χ2n) is 4.91. The van der Waals surface area contributed by atoms with Gasteiger partial charge in [0, 0.05) is 19.3 Å². The van der Waals surface area contributed by atoms with Crippen LogP contribution in [0.1, 0.15) is 27.0 Å². The zero-order valence-corrected chi connectivity index (χ0v) is 12.2. The minimum atomic E-state index is -0.0749. The molecule has 1 amide bonds. The third-order valence-electron chi connectivity index (χ3n) is 3.37. The van der Waals surface area contributed by atoms with Crippen molar-refractivity contribution in [3.8, 4) is 0 Å². The normalized spacial score (nSPS) is 10.2. The van der Waals surface area contributed by atoms with Crippen LogP contribution in [0.25, 0.3) is 0 Å². The van der Waals surface area contributed by atoms with Gasteiger partial charge >= 0.3 is 0 Å². The number of benzene rings is 2. The number of carbonyl (C=O) groups is 1. The van der Waals surface area contributed by atoms with E-state index >= 15 is 0 Å². The van der Waals surface area contributed by atoms with Crippen molar-refractivity contribution in [2.24, 2.45) is 0 Å². The largest absolute Gasteiger partial charge is 0.380 e. The predicted molar refractivity (Wildman–Crippen MR) is 83.1 cm³/mol. The van der Waals surface area contributed by atoms with Crippen LogP contribution in [0.3, 0.4) is 0 Å². The van der Waals surface area contributed by atoms with Gasteiger partial charge in [-0.3, -0.25) is 4.79 Å². The Hall–Kier alpha value is -2.29. The third-order valence-corrected chi connectivity index (χ3v) is 3.37. The van der Waals surface area contributed by atoms with Crippen molar-refractivity contribution in [1.82, 2.24) is 5.32 Å². The van der Waals surface area contributed by atoms with Crippen LogP contribution in [-0.2, 0) is 6.54 Å². The molecule has 3 heteroatoms. The summed E-state index contributed by atoms with van der Waals surface area (Å²) in [4.78, 5) is 11.8. The van der Waals surface area contributed by atoms with E-state index in [4.69, 9.17) is 0 Å².